The fourth-order valence-electron chi connectivity index (χ4n) is 4.65. The van der Waals surface area contributed by atoms with Crippen molar-refractivity contribution in [3.05, 3.63) is 35.0 Å². The monoisotopic (exact) mass is 369 g/mol. The molecule has 6 heteroatoms. The molecule has 1 aliphatic heterocycles. The van der Waals surface area contributed by atoms with Crippen LogP contribution in [-0.2, 0) is 12.0 Å². The first-order chi connectivity index (χ1) is 13.1. The molecule has 2 saturated carbocycles. The molecular formula is C21H27N3O3. The van der Waals surface area contributed by atoms with Crippen LogP contribution in [0, 0.1) is 0 Å². The van der Waals surface area contributed by atoms with E-state index in [1.807, 2.05) is 6.92 Å². The van der Waals surface area contributed by atoms with Crippen molar-refractivity contribution in [3.63, 3.8) is 0 Å². The normalized spacial score (nSPS) is 28.0. The Bertz CT molecular complexity index is 856. The largest absolute Gasteiger partial charge is 0.494 e. The molecule has 3 aliphatic rings. The number of rotatable bonds is 5. The standard InChI is InChI=1S/C21H27N3O3/c1-3-25-18-9-13-8-12(2)26-17(13)11-15(18)14-10-16(14)19-23-20(24-27-19)21(22)6-4-5-7-21/h9,11-12,14,16H,3-8,10,22H2,1-2H3. The van der Waals surface area contributed by atoms with Gasteiger partial charge in [-0.15, -0.1) is 0 Å². The molecule has 27 heavy (non-hydrogen) atoms. The molecule has 1 aromatic heterocycles. The molecule has 0 bridgehead atoms. The Hall–Kier alpha value is -2.08. The predicted molar refractivity (Wildman–Crippen MR) is 100 cm³/mol. The van der Waals surface area contributed by atoms with Crippen molar-refractivity contribution in [2.24, 2.45) is 5.73 Å². The first kappa shape index (κ1) is 17.0. The van der Waals surface area contributed by atoms with Gasteiger partial charge in [0.15, 0.2) is 5.82 Å². The number of hydrogen-bond donors (Lipinski definition) is 1. The first-order valence-corrected chi connectivity index (χ1v) is 10.2. The van der Waals surface area contributed by atoms with Crippen LogP contribution in [0.25, 0.3) is 0 Å². The molecule has 0 radical (unpaired) electrons. The summed E-state index contributed by atoms with van der Waals surface area (Å²) in [6.45, 7) is 4.78. The van der Waals surface area contributed by atoms with E-state index in [0.29, 0.717) is 24.2 Å². The van der Waals surface area contributed by atoms with Gasteiger partial charge in [-0.1, -0.05) is 18.0 Å². The van der Waals surface area contributed by atoms with Crippen molar-refractivity contribution in [3.8, 4) is 11.5 Å². The zero-order valence-corrected chi connectivity index (χ0v) is 16.0. The number of nitrogens with zero attached hydrogens (tertiary/aromatic N) is 2. The minimum atomic E-state index is -0.403. The summed E-state index contributed by atoms with van der Waals surface area (Å²) in [5, 5.41) is 4.22. The molecule has 0 saturated heterocycles. The molecule has 0 amide bonds. The van der Waals surface area contributed by atoms with Gasteiger partial charge in [0.05, 0.1) is 12.1 Å². The van der Waals surface area contributed by atoms with Gasteiger partial charge >= 0.3 is 0 Å². The van der Waals surface area contributed by atoms with Crippen molar-refractivity contribution < 1.29 is 14.0 Å². The Morgan fingerprint density at radius 2 is 2.07 bits per heavy atom. The number of hydrogen-bond acceptors (Lipinski definition) is 6. The molecule has 144 valence electrons. The quantitative estimate of drug-likeness (QED) is 0.863. The SMILES string of the molecule is CCOc1cc2c(cc1C1CC1c1nc(C3(N)CCCC3)no1)OC(C)C2. The van der Waals surface area contributed by atoms with Crippen molar-refractivity contribution in [2.75, 3.05) is 6.61 Å². The Morgan fingerprint density at radius 3 is 2.85 bits per heavy atom. The van der Waals surface area contributed by atoms with E-state index in [9.17, 15) is 0 Å². The molecule has 2 heterocycles. The zero-order chi connectivity index (χ0) is 18.6. The predicted octanol–water partition coefficient (Wildman–Crippen LogP) is 3.79. The van der Waals surface area contributed by atoms with Crippen LogP contribution in [0.4, 0.5) is 0 Å². The Balaban J connectivity index is 1.40. The van der Waals surface area contributed by atoms with Crippen molar-refractivity contribution >= 4 is 0 Å². The van der Waals surface area contributed by atoms with Gasteiger partial charge < -0.3 is 19.7 Å². The summed E-state index contributed by atoms with van der Waals surface area (Å²) in [6, 6.07) is 4.31. The van der Waals surface area contributed by atoms with E-state index < -0.39 is 5.54 Å². The van der Waals surface area contributed by atoms with Gasteiger partial charge in [-0.05, 0) is 45.2 Å². The molecule has 0 spiro atoms. The van der Waals surface area contributed by atoms with E-state index in [2.05, 4.69) is 29.2 Å². The summed E-state index contributed by atoms with van der Waals surface area (Å²) < 4.78 is 17.5. The van der Waals surface area contributed by atoms with E-state index in [0.717, 1.165) is 50.0 Å². The van der Waals surface area contributed by atoms with Crippen LogP contribution in [-0.4, -0.2) is 22.9 Å². The van der Waals surface area contributed by atoms with Crippen LogP contribution >= 0.6 is 0 Å². The van der Waals surface area contributed by atoms with Gasteiger partial charge in [-0.3, -0.25) is 0 Å². The highest BCUT2D eigenvalue weighted by atomic mass is 16.5. The molecule has 6 nitrogen and oxygen atoms in total. The third-order valence-electron chi connectivity index (χ3n) is 6.22. The summed E-state index contributed by atoms with van der Waals surface area (Å²) in [5.41, 5.74) is 8.50. The van der Waals surface area contributed by atoms with Gasteiger partial charge in [0, 0.05) is 29.4 Å². The third kappa shape index (κ3) is 2.90. The average molecular weight is 369 g/mol. The maximum atomic E-state index is 6.48. The van der Waals surface area contributed by atoms with Crippen LogP contribution in [0.3, 0.4) is 0 Å². The lowest BCUT2D eigenvalue weighted by Gasteiger charge is -2.17. The lowest BCUT2D eigenvalue weighted by atomic mass is 9.98. The topological polar surface area (TPSA) is 83.4 Å². The number of ether oxygens (including phenoxy) is 2. The lowest BCUT2D eigenvalue weighted by Crippen LogP contribution is -2.34. The molecule has 2 aliphatic carbocycles. The van der Waals surface area contributed by atoms with Crippen molar-refractivity contribution in [2.45, 2.75) is 75.9 Å². The van der Waals surface area contributed by atoms with E-state index in [4.69, 9.17) is 19.7 Å². The zero-order valence-electron chi connectivity index (χ0n) is 16.0. The second kappa shape index (κ2) is 6.23. The summed E-state index contributed by atoms with van der Waals surface area (Å²) in [4.78, 5) is 4.69. The summed E-state index contributed by atoms with van der Waals surface area (Å²) in [7, 11) is 0. The molecule has 1 aromatic carbocycles. The number of fused-ring (bicyclic) bond motifs is 1. The van der Waals surface area contributed by atoms with Crippen LogP contribution in [0.15, 0.2) is 16.7 Å². The molecule has 5 rings (SSSR count). The van der Waals surface area contributed by atoms with Crippen LogP contribution in [0.1, 0.15) is 80.6 Å². The van der Waals surface area contributed by atoms with Gasteiger partial charge in [0.25, 0.3) is 0 Å². The highest BCUT2D eigenvalue weighted by Crippen LogP contribution is 2.57. The molecular weight excluding hydrogens is 342 g/mol. The Labute approximate surface area is 159 Å². The summed E-state index contributed by atoms with van der Waals surface area (Å²) in [6.07, 6.45) is 6.31. The average Bonchev–Trinajstić information content (AvgIpc) is 3.00. The van der Waals surface area contributed by atoms with Gasteiger partial charge in [-0.2, -0.15) is 4.98 Å². The minimum absolute atomic E-state index is 0.227. The second-order valence-corrected chi connectivity index (χ2v) is 8.33. The molecule has 2 aromatic rings. The van der Waals surface area contributed by atoms with Gasteiger partial charge in [0.1, 0.15) is 17.6 Å². The van der Waals surface area contributed by atoms with Gasteiger partial charge in [-0.25, -0.2) is 0 Å². The second-order valence-electron chi connectivity index (χ2n) is 8.33. The minimum Gasteiger partial charge on any atom is -0.494 e. The smallest absolute Gasteiger partial charge is 0.230 e. The van der Waals surface area contributed by atoms with E-state index in [1.54, 1.807) is 0 Å². The lowest BCUT2D eigenvalue weighted by molar-refractivity contribution is 0.254. The van der Waals surface area contributed by atoms with E-state index in [1.165, 1.54) is 11.1 Å². The van der Waals surface area contributed by atoms with Gasteiger partial charge in [0.2, 0.25) is 5.89 Å². The van der Waals surface area contributed by atoms with Crippen LogP contribution in [0.2, 0.25) is 0 Å². The Kier molecular flexibility index (Phi) is 3.93. The maximum absolute atomic E-state index is 6.48. The highest BCUT2D eigenvalue weighted by molar-refractivity contribution is 5.52. The van der Waals surface area contributed by atoms with E-state index in [-0.39, 0.29) is 12.0 Å². The highest BCUT2D eigenvalue weighted by Gasteiger charge is 2.47. The fraction of sp³-hybridized carbons (Fsp3) is 0.619. The summed E-state index contributed by atoms with van der Waals surface area (Å²) >= 11 is 0. The van der Waals surface area contributed by atoms with Crippen LogP contribution < -0.4 is 15.2 Å². The maximum Gasteiger partial charge on any atom is 0.230 e. The van der Waals surface area contributed by atoms with Crippen molar-refractivity contribution in [1.82, 2.24) is 10.1 Å². The molecule has 2 fully saturated rings. The molecule has 3 atom stereocenters. The Morgan fingerprint density at radius 1 is 1.26 bits per heavy atom. The number of benzene rings is 1. The number of nitrogens with two attached hydrogens (primary N) is 1. The molecule has 3 unspecified atom stereocenters. The fourth-order valence-corrected chi connectivity index (χ4v) is 4.65. The van der Waals surface area contributed by atoms with E-state index >= 15 is 0 Å². The van der Waals surface area contributed by atoms with Crippen LogP contribution in [0.5, 0.6) is 11.5 Å². The number of aromatic nitrogens is 2. The van der Waals surface area contributed by atoms with Crippen molar-refractivity contribution in [1.29, 1.82) is 0 Å². The third-order valence-corrected chi connectivity index (χ3v) is 6.22. The first-order valence-electron chi connectivity index (χ1n) is 10.2. The molecule has 2 N–H and O–H groups in total. The summed E-state index contributed by atoms with van der Waals surface area (Å²) in [5.74, 6) is 3.92.